The van der Waals surface area contributed by atoms with Crippen molar-refractivity contribution in [2.45, 2.75) is 6.92 Å². The van der Waals surface area contributed by atoms with Crippen LogP contribution in [0.2, 0.25) is 0 Å². The molecular weight excluding hydrogens is 250 g/mol. The summed E-state index contributed by atoms with van der Waals surface area (Å²) in [5.41, 5.74) is -0.0264. The molecule has 0 radical (unpaired) electrons. The van der Waals surface area contributed by atoms with Crippen LogP contribution in [0.15, 0.2) is 18.2 Å². The van der Waals surface area contributed by atoms with Crippen molar-refractivity contribution in [2.75, 3.05) is 18.4 Å². The van der Waals surface area contributed by atoms with Gasteiger partial charge in [0, 0.05) is 12.0 Å². The number of nitro benzene ring substituents is 1. The van der Waals surface area contributed by atoms with Crippen molar-refractivity contribution >= 4 is 17.3 Å². The molecule has 1 atom stereocenters. The molecule has 7 heteroatoms. The predicted molar refractivity (Wildman–Crippen MR) is 68.9 cm³/mol. The number of carbonyl (C=O) groups is 1. The van der Waals surface area contributed by atoms with E-state index in [9.17, 15) is 20.0 Å². The second-order valence-electron chi connectivity index (χ2n) is 4.65. The molecule has 1 saturated heterocycles. The van der Waals surface area contributed by atoms with E-state index in [2.05, 4.69) is 10.6 Å². The van der Waals surface area contributed by atoms with Gasteiger partial charge in [-0.3, -0.25) is 14.9 Å². The van der Waals surface area contributed by atoms with Gasteiger partial charge in [-0.2, -0.15) is 0 Å². The van der Waals surface area contributed by atoms with Crippen LogP contribution in [0.1, 0.15) is 6.92 Å². The number of amides is 1. The highest BCUT2D eigenvalue weighted by Gasteiger charge is 2.29. The normalized spacial score (nSPS) is 16.5. The average Bonchev–Trinajstić information content (AvgIpc) is 2.29. The first kappa shape index (κ1) is 13.3. The number of carbonyl (C=O) groups excluding carboxylic acids is 1. The van der Waals surface area contributed by atoms with E-state index in [1.807, 2.05) is 6.92 Å². The standard InChI is InChI=1S/C12H15N3O4/c1-7(8-5-13-6-8)12(17)14-10-3-2-9(15(18)19)4-11(10)16/h2-4,7-8,13,16H,5-6H2,1H3,(H,14,17). The van der Waals surface area contributed by atoms with Gasteiger partial charge in [-0.1, -0.05) is 6.92 Å². The Hall–Kier alpha value is -2.15. The summed E-state index contributed by atoms with van der Waals surface area (Å²) >= 11 is 0. The lowest BCUT2D eigenvalue weighted by molar-refractivity contribution is -0.384. The van der Waals surface area contributed by atoms with E-state index < -0.39 is 4.92 Å². The van der Waals surface area contributed by atoms with Gasteiger partial charge in [0.2, 0.25) is 5.91 Å². The van der Waals surface area contributed by atoms with Gasteiger partial charge in [0.25, 0.3) is 5.69 Å². The molecule has 0 saturated carbocycles. The summed E-state index contributed by atoms with van der Waals surface area (Å²) in [6.07, 6.45) is 0. The van der Waals surface area contributed by atoms with Crippen LogP contribution in [-0.2, 0) is 4.79 Å². The monoisotopic (exact) mass is 265 g/mol. The summed E-state index contributed by atoms with van der Waals surface area (Å²) in [4.78, 5) is 21.9. The van der Waals surface area contributed by atoms with Gasteiger partial charge >= 0.3 is 0 Å². The predicted octanol–water partition coefficient (Wildman–Crippen LogP) is 1.09. The van der Waals surface area contributed by atoms with Gasteiger partial charge in [-0.25, -0.2) is 0 Å². The van der Waals surface area contributed by atoms with Crippen LogP contribution in [0.3, 0.4) is 0 Å². The zero-order valence-electron chi connectivity index (χ0n) is 10.4. The number of phenols is 1. The fourth-order valence-electron chi connectivity index (χ4n) is 1.86. The van der Waals surface area contributed by atoms with Gasteiger partial charge < -0.3 is 15.7 Å². The number of hydrogen-bond donors (Lipinski definition) is 3. The zero-order chi connectivity index (χ0) is 14.0. The molecule has 0 aliphatic carbocycles. The molecule has 102 valence electrons. The van der Waals surface area contributed by atoms with E-state index in [1.54, 1.807) is 0 Å². The third kappa shape index (κ3) is 2.82. The van der Waals surface area contributed by atoms with E-state index >= 15 is 0 Å². The molecule has 2 rings (SSSR count). The summed E-state index contributed by atoms with van der Waals surface area (Å²) < 4.78 is 0. The second-order valence-corrected chi connectivity index (χ2v) is 4.65. The Morgan fingerprint density at radius 2 is 2.26 bits per heavy atom. The maximum absolute atomic E-state index is 11.9. The fraction of sp³-hybridized carbons (Fsp3) is 0.417. The number of anilines is 1. The van der Waals surface area contributed by atoms with Crippen molar-refractivity contribution in [1.82, 2.24) is 5.32 Å². The molecule has 19 heavy (non-hydrogen) atoms. The van der Waals surface area contributed by atoms with E-state index in [-0.39, 0.29) is 28.9 Å². The molecule has 0 aromatic heterocycles. The number of nitrogens with zero attached hydrogens (tertiary/aromatic N) is 1. The summed E-state index contributed by atoms with van der Waals surface area (Å²) in [5.74, 6) is -0.381. The molecule has 1 aliphatic rings. The second kappa shape index (κ2) is 5.23. The van der Waals surface area contributed by atoms with Crippen molar-refractivity contribution in [3.05, 3.63) is 28.3 Å². The smallest absolute Gasteiger partial charge is 0.273 e. The molecule has 1 aromatic rings. The molecule has 1 amide bonds. The number of aromatic hydroxyl groups is 1. The first-order chi connectivity index (χ1) is 8.99. The minimum absolute atomic E-state index is 0.171. The highest BCUT2D eigenvalue weighted by molar-refractivity contribution is 5.94. The van der Waals surface area contributed by atoms with Gasteiger partial charge in [0.1, 0.15) is 5.75 Å². The van der Waals surface area contributed by atoms with Gasteiger partial charge in [0.05, 0.1) is 16.7 Å². The highest BCUT2D eigenvalue weighted by atomic mass is 16.6. The number of nitrogens with one attached hydrogen (secondary N) is 2. The van der Waals surface area contributed by atoms with Crippen molar-refractivity contribution in [3.8, 4) is 5.75 Å². The first-order valence-corrected chi connectivity index (χ1v) is 5.98. The van der Waals surface area contributed by atoms with Gasteiger partial charge in [-0.15, -0.1) is 0 Å². The molecule has 1 heterocycles. The van der Waals surface area contributed by atoms with Crippen molar-refractivity contribution in [2.24, 2.45) is 11.8 Å². The molecule has 7 nitrogen and oxygen atoms in total. The third-order valence-corrected chi connectivity index (χ3v) is 3.38. The summed E-state index contributed by atoms with van der Waals surface area (Å²) in [7, 11) is 0. The van der Waals surface area contributed by atoms with Crippen LogP contribution in [0.4, 0.5) is 11.4 Å². The minimum atomic E-state index is -0.603. The Labute approximate surface area is 109 Å². The SMILES string of the molecule is CC(C(=O)Nc1ccc([N+](=O)[O-])cc1O)C1CNC1. The molecule has 3 N–H and O–H groups in total. The number of rotatable bonds is 4. The van der Waals surface area contributed by atoms with E-state index in [0.29, 0.717) is 5.92 Å². The molecule has 1 fully saturated rings. The number of hydrogen-bond acceptors (Lipinski definition) is 5. The van der Waals surface area contributed by atoms with E-state index in [0.717, 1.165) is 19.2 Å². The molecular formula is C12H15N3O4. The fourth-order valence-corrected chi connectivity index (χ4v) is 1.86. The highest BCUT2D eigenvalue weighted by Crippen LogP contribution is 2.29. The van der Waals surface area contributed by atoms with Crippen molar-refractivity contribution in [1.29, 1.82) is 0 Å². The van der Waals surface area contributed by atoms with E-state index in [4.69, 9.17) is 0 Å². The van der Waals surface area contributed by atoms with Crippen molar-refractivity contribution < 1.29 is 14.8 Å². The summed E-state index contributed by atoms with van der Waals surface area (Å²) in [6.45, 7) is 3.44. The molecule has 0 bridgehead atoms. The van der Waals surface area contributed by atoms with E-state index in [1.165, 1.54) is 12.1 Å². The lowest BCUT2D eigenvalue weighted by Gasteiger charge is -2.31. The number of benzene rings is 1. The molecule has 1 aliphatic heterocycles. The van der Waals surface area contributed by atoms with Crippen LogP contribution in [-0.4, -0.2) is 29.0 Å². The Kier molecular flexibility index (Phi) is 3.66. The molecule has 1 aromatic carbocycles. The quantitative estimate of drug-likeness (QED) is 0.429. The average molecular weight is 265 g/mol. The Morgan fingerprint density at radius 1 is 1.58 bits per heavy atom. The number of nitro groups is 1. The van der Waals surface area contributed by atoms with Crippen LogP contribution >= 0.6 is 0 Å². The Balaban J connectivity index is 2.06. The van der Waals surface area contributed by atoms with Crippen molar-refractivity contribution in [3.63, 3.8) is 0 Å². The lowest BCUT2D eigenvalue weighted by Crippen LogP contribution is -2.48. The van der Waals surface area contributed by atoms with Crippen LogP contribution < -0.4 is 10.6 Å². The maximum atomic E-state index is 11.9. The first-order valence-electron chi connectivity index (χ1n) is 5.98. The van der Waals surface area contributed by atoms with Gasteiger partial charge in [-0.05, 0) is 25.1 Å². The lowest BCUT2D eigenvalue weighted by atomic mass is 9.88. The topological polar surface area (TPSA) is 104 Å². The summed E-state index contributed by atoms with van der Waals surface area (Å²) in [5, 5.41) is 25.9. The Bertz CT molecular complexity index is 514. The van der Waals surface area contributed by atoms with Crippen LogP contribution in [0.25, 0.3) is 0 Å². The Morgan fingerprint density at radius 3 is 2.74 bits per heavy atom. The molecule has 0 spiro atoms. The number of phenolic OH excluding ortho intramolecular Hbond substituents is 1. The zero-order valence-corrected chi connectivity index (χ0v) is 10.4. The van der Waals surface area contributed by atoms with Gasteiger partial charge in [0.15, 0.2) is 0 Å². The number of non-ortho nitro benzene ring substituents is 1. The largest absolute Gasteiger partial charge is 0.506 e. The van der Waals surface area contributed by atoms with Crippen LogP contribution in [0.5, 0.6) is 5.75 Å². The molecule has 1 unspecified atom stereocenters. The maximum Gasteiger partial charge on any atom is 0.273 e. The summed E-state index contributed by atoms with van der Waals surface area (Å²) in [6, 6.07) is 3.59. The third-order valence-electron chi connectivity index (χ3n) is 3.38. The minimum Gasteiger partial charge on any atom is -0.506 e. The van der Waals surface area contributed by atoms with Crippen LogP contribution in [0, 0.1) is 22.0 Å².